The summed E-state index contributed by atoms with van der Waals surface area (Å²) >= 11 is 1.60. The van der Waals surface area contributed by atoms with Gasteiger partial charge in [0, 0.05) is 24.4 Å². The van der Waals surface area contributed by atoms with Crippen LogP contribution >= 0.6 is 11.3 Å². The van der Waals surface area contributed by atoms with Crippen molar-refractivity contribution in [2.45, 2.75) is 34.1 Å². The van der Waals surface area contributed by atoms with Crippen molar-refractivity contribution < 1.29 is 0 Å². The fourth-order valence-corrected chi connectivity index (χ4v) is 2.86. The molecule has 0 saturated carbocycles. The molecule has 6 nitrogen and oxygen atoms in total. The van der Waals surface area contributed by atoms with Gasteiger partial charge in [-0.25, -0.2) is 19.5 Å². The van der Waals surface area contributed by atoms with Crippen molar-refractivity contribution in [1.29, 1.82) is 0 Å². The van der Waals surface area contributed by atoms with Crippen LogP contribution in [-0.2, 0) is 6.42 Å². The first-order valence-corrected chi connectivity index (χ1v) is 7.72. The highest BCUT2D eigenvalue weighted by Gasteiger charge is 2.07. The minimum atomic E-state index is 0.686. The Morgan fingerprint density at radius 3 is 2.48 bits per heavy atom. The monoisotopic (exact) mass is 302 g/mol. The van der Waals surface area contributed by atoms with Crippen LogP contribution in [0.4, 0.5) is 5.95 Å². The van der Waals surface area contributed by atoms with Gasteiger partial charge in [-0.1, -0.05) is 11.3 Å². The van der Waals surface area contributed by atoms with E-state index in [0.717, 1.165) is 45.6 Å². The number of fused-ring (bicyclic) bond motifs is 1. The highest BCUT2D eigenvalue weighted by atomic mass is 32.1. The predicted octanol–water partition coefficient (Wildman–Crippen LogP) is 2.47. The van der Waals surface area contributed by atoms with Crippen LogP contribution < -0.4 is 5.32 Å². The normalized spacial score (nSPS) is 11.2. The zero-order valence-corrected chi connectivity index (χ0v) is 13.5. The zero-order chi connectivity index (χ0) is 15.0. The summed E-state index contributed by atoms with van der Waals surface area (Å²) in [5, 5.41) is 8.65. The molecule has 0 aliphatic carbocycles. The molecule has 7 heteroatoms. The van der Waals surface area contributed by atoms with Gasteiger partial charge in [0.15, 0.2) is 0 Å². The van der Waals surface area contributed by atoms with E-state index in [-0.39, 0.29) is 0 Å². The Balaban J connectivity index is 1.64. The van der Waals surface area contributed by atoms with E-state index >= 15 is 0 Å². The minimum absolute atomic E-state index is 0.686. The van der Waals surface area contributed by atoms with E-state index in [1.165, 1.54) is 0 Å². The predicted molar refractivity (Wildman–Crippen MR) is 84.0 cm³/mol. The molecular formula is C14H18N6S. The molecule has 0 bridgehead atoms. The number of imidazole rings is 1. The molecule has 0 atom stereocenters. The lowest BCUT2D eigenvalue weighted by Gasteiger charge is -2.08. The fourth-order valence-electron chi connectivity index (χ4n) is 2.12. The average molecular weight is 302 g/mol. The first-order chi connectivity index (χ1) is 10.0. The number of hydrogen-bond donors (Lipinski definition) is 1. The first-order valence-electron chi connectivity index (χ1n) is 6.90. The van der Waals surface area contributed by atoms with Crippen LogP contribution in [0.15, 0.2) is 6.20 Å². The summed E-state index contributed by atoms with van der Waals surface area (Å²) in [6.07, 6.45) is 2.80. The number of nitrogens with zero attached hydrogens (tertiary/aromatic N) is 5. The van der Waals surface area contributed by atoms with Gasteiger partial charge in [0.05, 0.1) is 11.9 Å². The van der Waals surface area contributed by atoms with Gasteiger partial charge >= 0.3 is 0 Å². The number of aryl methyl sites for hydroxylation is 3. The average Bonchev–Trinajstić information content (AvgIpc) is 2.92. The summed E-state index contributed by atoms with van der Waals surface area (Å²) < 4.78 is 1.84. The maximum Gasteiger partial charge on any atom is 0.223 e. The van der Waals surface area contributed by atoms with E-state index in [2.05, 4.69) is 25.4 Å². The molecule has 0 saturated heterocycles. The Labute approximate surface area is 127 Å². The highest BCUT2D eigenvalue weighted by Crippen LogP contribution is 2.14. The Hall–Kier alpha value is -2.02. The standard InChI is InChI=1S/C14H18N6S/c1-8-9(2)16-13(17-10(8)3)15-6-5-12-7-20-14(18-12)21-11(4)19-20/h7H,5-6H2,1-4H3,(H,15,16,17). The molecule has 3 aromatic heterocycles. The van der Waals surface area contributed by atoms with Crippen molar-refractivity contribution in [1.82, 2.24) is 24.6 Å². The van der Waals surface area contributed by atoms with E-state index < -0.39 is 0 Å². The Bertz CT molecular complexity index is 733. The van der Waals surface area contributed by atoms with Gasteiger partial charge in [-0.3, -0.25) is 0 Å². The summed E-state index contributed by atoms with van der Waals surface area (Å²) in [5.74, 6) is 0.686. The van der Waals surface area contributed by atoms with E-state index in [1.807, 2.05) is 38.4 Å². The Morgan fingerprint density at radius 1 is 1.10 bits per heavy atom. The molecule has 21 heavy (non-hydrogen) atoms. The van der Waals surface area contributed by atoms with Crippen LogP contribution in [0.5, 0.6) is 0 Å². The van der Waals surface area contributed by atoms with E-state index in [0.29, 0.717) is 5.95 Å². The molecule has 3 aromatic rings. The maximum atomic E-state index is 4.55. The molecule has 3 heterocycles. The lowest BCUT2D eigenvalue weighted by molar-refractivity contribution is 0.916. The van der Waals surface area contributed by atoms with Gasteiger partial charge in [0.1, 0.15) is 5.01 Å². The minimum Gasteiger partial charge on any atom is -0.354 e. The second kappa shape index (κ2) is 5.40. The molecule has 1 N–H and O–H groups in total. The van der Waals surface area contributed by atoms with Crippen LogP contribution in [0.25, 0.3) is 4.96 Å². The molecule has 3 rings (SSSR count). The van der Waals surface area contributed by atoms with Gasteiger partial charge in [-0.15, -0.1) is 0 Å². The van der Waals surface area contributed by atoms with E-state index in [4.69, 9.17) is 0 Å². The van der Waals surface area contributed by atoms with Gasteiger partial charge in [-0.2, -0.15) is 5.10 Å². The van der Waals surface area contributed by atoms with Crippen molar-refractivity contribution >= 4 is 22.2 Å². The molecule has 0 aromatic carbocycles. The van der Waals surface area contributed by atoms with Gasteiger partial charge in [0.2, 0.25) is 10.9 Å². The number of anilines is 1. The Morgan fingerprint density at radius 2 is 1.81 bits per heavy atom. The second-order valence-corrected chi connectivity index (χ2v) is 6.26. The van der Waals surface area contributed by atoms with Crippen LogP contribution in [0.3, 0.4) is 0 Å². The van der Waals surface area contributed by atoms with Crippen molar-refractivity contribution in [3.63, 3.8) is 0 Å². The molecular weight excluding hydrogens is 284 g/mol. The summed E-state index contributed by atoms with van der Waals surface area (Å²) in [5.41, 5.74) is 4.22. The van der Waals surface area contributed by atoms with Crippen LogP contribution in [0.1, 0.15) is 27.7 Å². The third-order valence-corrected chi connectivity index (χ3v) is 4.33. The Kier molecular flexibility index (Phi) is 3.59. The zero-order valence-electron chi connectivity index (χ0n) is 12.6. The van der Waals surface area contributed by atoms with E-state index in [1.54, 1.807) is 11.3 Å². The lowest BCUT2D eigenvalue weighted by Crippen LogP contribution is -2.10. The summed E-state index contributed by atoms with van der Waals surface area (Å²) in [4.78, 5) is 14.4. The number of rotatable bonds is 4. The third kappa shape index (κ3) is 2.87. The van der Waals surface area contributed by atoms with Crippen LogP contribution in [0, 0.1) is 27.7 Å². The van der Waals surface area contributed by atoms with Crippen molar-refractivity contribution in [3.05, 3.63) is 33.8 Å². The SMILES string of the molecule is Cc1nn2cc(CCNc3nc(C)c(C)c(C)n3)nc2s1. The van der Waals surface area contributed by atoms with Crippen molar-refractivity contribution in [2.24, 2.45) is 0 Å². The second-order valence-electron chi connectivity index (χ2n) is 5.10. The maximum absolute atomic E-state index is 4.55. The molecule has 0 fully saturated rings. The quantitative estimate of drug-likeness (QED) is 0.802. The molecule has 0 spiro atoms. The molecule has 0 aliphatic rings. The van der Waals surface area contributed by atoms with Crippen molar-refractivity contribution in [2.75, 3.05) is 11.9 Å². The van der Waals surface area contributed by atoms with E-state index in [9.17, 15) is 0 Å². The van der Waals surface area contributed by atoms with Gasteiger partial charge < -0.3 is 5.32 Å². The largest absolute Gasteiger partial charge is 0.354 e. The third-order valence-electron chi connectivity index (χ3n) is 3.49. The number of hydrogen-bond acceptors (Lipinski definition) is 6. The first kappa shape index (κ1) is 13.9. The van der Waals surface area contributed by atoms with Gasteiger partial charge in [0.25, 0.3) is 0 Å². The molecule has 0 amide bonds. The smallest absolute Gasteiger partial charge is 0.223 e. The molecule has 0 unspecified atom stereocenters. The number of aromatic nitrogens is 5. The molecule has 0 aliphatic heterocycles. The summed E-state index contributed by atoms with van der Waals surface area (Å²) in [6.45, 7) is 8.80. The number of nitrogens with one attached hydrogen (secondary N) is 1. The van der Waals surface area contributed by atoms with Gasteiger partial charge in [-0.05, 0) is 33.3 Å². The topological polar surface area (TPSA) is 68.0 Å². The summed E-state index contributed by atoms with van der Waals surface area (Å²) in [7, 11) is 0. The fraction of sp³-hybridized carbons (Fsp3) is 0.429. The highest BCUT2D eigenvalue weighted by molar-refractivity contribution is 7.16. The molecule has 0 radical (unpaired) electrons. The lowest BCUT2D eigenvalue weighted by atomic mass is 10.2. The van der Waals surface area contributed by atoms with Crippen LogP contribution in [0.2, 0.25) is 0 Å². The molecule has 110 valence electrons. The van der Waals surface area contributed by atoms with Crippen molar-refractivity contribution in [3.8, 4) is 0 Å². The summed E-state index contributed by atoms with van der Waals surface area (Å²) in [6, 6.07) is 0. The van der Waals surface area contributed by atoms with Crippen LogP contribution in [-0.4, -0.2) is 31.1 Å².